The molecule has 0 atom stereocenters. The van der Waals surface area contributed by atoms with Gasteiger partial charge in [0.2, 0.25) is 0 Å². The van der Waals surface area contributed by atoms with Crippen molar-refractivity contribution in [2.75, 3.05) is 18.0 Å². The van der Waals surface area contributed by atoms with E-state index in [0.717, 1.165) is 18.8 Å². The van der Waals surface area contributed by atoms with E-state index in [-0.39, 0.29) is 11.7 Å². The van der Waals surface area contributed by atoms with Gasteiger partial charge in [-0.1, -0.05) is 26.0 Å². The van der Waals surface area contributed by atoms with Gasteiger partial charge in [-0.25, -0.2) is 5.43 Å². The predicted molar refractivity (Wildman–Crippen MR) is 107 cm³/mol. The van der Waals surface area contributed by atoms with Gasteiger partial charge in [-0.15, -0.1) is 0 Å². The van der Waals surface area contributed by atoms with Crippen LogP contribution in [0.25, 0.3) is 0 Å². The fraction of sp³-hybridized carbons (Fsp3) is 0.333. The van der Waals surface area contributed by atoms with Crippen LogP contribution >= 0.6 is 0 Å². The van der Waals surface area contributed by atoms with E-state index in [1.165, 1.54) is 11.8 Å². The van der Waals surface area contributed by atoms with E-state index in [2.05, 4.69) is 43.1 Å². The first-order chi connectivity index (χ1) is 12.5. The van der Waals surface area contributed by atoms with Gasteiger partial charge >= 0.3 is 0 Å². The Balaban J connectivity index is 2.02. The first kappa shape index (κ1) is 19.5. The van der Waals surface area contributed by atoms with Crippen molar-refractivity contribution >= 4 is 17.8 Å². The molecule has 0 aromatic heterocycles. The van der Waals surface area contributed by atoms with E-state index in [1.807, 2.05) is 18.2 Å². The van der Waals surface area contributed by atoms with Gasteiger partial charge in [-0.05, 0) is 49.6 Å². The molecule has 5 heteroatoms. The number of amides is 1. The maximum Gasteiger partial charge on any atom is 0.271 e. The first-order valence-corrected chi connectivity index (χ1v) is 8.97. The highest BCUT2D eigenvalue weighted by molar-refractivity contribution is 5.95. The molecule has 2 N–H and O–H groups in total. The molecule has 0 unspecified atom stereocenters. The summed E-state index contributed by atoms with van der Waals surface area (Å²) in [5.74, 6) is 0.275. The number of carbonyl (C=O) groups excluding carboxylic acids is 1. The molecule has 1 amide bonds. The Bertz CT molecular complexity index is 763. The van der Waals surface area contributed by atoms with Crippen LogP contribution in [0.5, 0.6) is 5.75 Å². The molecule has 0 radical (unpaired) electrons. The normalized spacial score (nSPS) is 11.1. The Kier molecular flexibility index (Phi) is 6.78. The number of benzene rings is 2. The highest BCUT2D eigenvalue weighted by atomic mass is 16.3. The maximum absolute atomic E-state index is 12.1. The molecule has 2 rings (SSSR count). The number of hydrazone groups is 1. The van der Waals surface area contributed by atoms with Crippen LogP contribution in [0.1, 0.15) is 55.1 Å². The van der Waals surface area contributed by atoms with Crippen molar-refractivity contribution in [3.05, 3.63) is 59.2 Å². The number of nitrogens with zero attached hydrogens (tertiary/aromatic N) is 2. The highest BCUT2D eigenvalue weighted by Crippen LogP contribution is 2.23. The maximum atomic E-state index is 12.1. The van der Waals surface area contributed by atoms with E-state index in [1.54, 1.807) is 24.3 Å². The molecular formula is C21H27N3O2. The summed E-state index contributed by atoms with van der Waals surface area (Å²) in [6.45, 7) is 10.1. The third-order valence-electron chi connectivity index (χ3n) is 4.35. The summed E-state index contributed by atoms with van der Waals surface area (Å²) in [5, 5.41) is 14.1. The fourth-order valence-corrected chi connectivity index (χ4v) is 2.67. The molecule has 2 aromatic rings. The van der Waals surface area contributed by atoms with E-state index in [9.17, 15) is 9.90 Å². The molecule has 0 aliphatic carbocycles. The lowest BCUT2D eigenvalue weighted by molar-refractivity contribution is 0.0955. The summed E-state index contributed by atoms with van der Waals surface area (Å²) in [4.78, 5) is 14.3. The van der Waals surface area contributed by atoms with Crippen molar-refractivity contribution in [2.24, 2.45) is 5.10 Å². The van der Waals surface area contributed by atoms with E-state index in [4.69, 9.17) is 0 Å². The van der Waals surface area contributed by atoms with Crippen LogP contribution in [-0.2, 0) is 0 Å². The SMILES string of the molecule is CCN(CC)c1ccc(/C=N/NC(=O)c2ccc(C(C)C)cc2)c(O)c1. The molecule has 26 heavy (non-hydrogen) atoms. The number of phenolic OH excluding ortho intramolecular Hbond substituents is 1. The molecule has 0 heterocycles. The van der Waals surface area contributed by atoms with Crippen molar-refractivity contribution in [3.63, 3.8) is 0 Å². The molecule has 0 saturated carbocycles. The van der Waals surface area contributed by atoms with Crippen LogP contribution in [0.4, 0.5) is 5.69 Å². The molecular weight excluding hydrogens is 326 g/mol. The molecule has 0 saturated heterocycles. The Labute approximate surface area is 155 Å². The van der Waals surface area contributed by atoms with Gasteiger partial charge in [0.15, 0.2) is 0 Å². The first-order valence-electron chi connectivity index (χ1n) is 8.97. The Morgan fingerprint density at radius 3 is 2.35 bits per heavy atom. The highest BCUT2D eigenvalue weighted by Gasteiger charge is 2.07. The number of aromatic hydroxyl groups is 1. The molecule has 0 bridgehead atoms. The summed E-state index contributed by atoms with van der Waals surface area (Å²) in [5.41, 5.74) is 5.73. The van der Waals surface area contributed by atoms with Crippen LogP contribution in [0.2, 0.25) is 0 Å². The monoisotopic (exact) mass is 353 g/mol. The number of hydrogen-bond donors (Lipinski definition) is 2. The Morgan fingerprint density at radius 1 is 1.15 bits per heavy atom. The molecule has 2 aromatic carbocycles. The summed E-state index contributed by atoms with van der Waals surface area (Å²) < 4.78 is 0. The Hall–Kier alpha value is -2.82. The summed E-state index contributed by atoms with van der Waals surface area (Å²) in [7, 11) is 0. The average molecular weight is 353 g/mol. The lowest BCUT2D eigenvalue weighted by Crippen LogP contribution is -2.21. The quantitative estimate of drug-likeness (QED) is 0.581. The second-order valence-corrected chi connectivity index (χ2v) is 6.39. The third-order valence-corrected chi connectivity index (χ3v) is 4.35. The topological polar surface area (TPSA) is 64.9 Å². The van der Waals surface area contributed by atoms with Gasteiger partial charge in [0.1, 0.15) is 5.75 Å². The largest absolute Gasteiger partial charge is 0.507 e. The molecule has 138 valence electrons. The Morgan fingerprint density at radius 2 is 1.81 bits per heavy atom. The number of nitrogens with one attached hydrogen (secondary N) is 1. The van der Waals surface area contributed by atoms with Crippen LogP contribution in [0.3, 0.4) is 0 Å². The third kappa shape index (κ3) is 4.85. The molecule has 0 fully saturated rings. The number of carbonyl (C=O) groups is 1. The van der Waals surface area contributed by atoms with Crippen LogP contribution in [-0.4, -0.2) is 30.3 Å². The second-order valence-electron chi connectivity index (χ2n) is 6.39. The lowest BCUT2D eigenvalue weighted by atomic mass is 10.0. The van der Waals surface area contributed by atoms with Crippen LogP contribution in [0, 0.1) is 0 Å². The van der Waals surface area contributed by atoms with Crippen LogP contribution in [0.15, 0.2) is 47.6 Å². The van der Waals surface area contributed by atoms with Gasteiger partial charge in [-0.2, -0.15) is 5.10 Å². The second kappa shape index (κ2) is 9.04. The number of anilines is 1. The van der Waals surface area contributed by atoms with Crippen molar-refractivity contribution in [3.8, 4) is 5.75 Å². The van der Waals surface area contributed by atoms with Gasteiger partial charge in [-0.3, -0.25) is 4.79 Å². The van der Waals surface area contributed by atoms with Gasteiger partial charge in [0.25, 0.3) is 5.91 Å². The van der Waals surface area contributed by atoms with E-state index in [0.29, 0.717) is 17.0 Å². The van der Waals surface area contributed by atoms with Crippen molar-refractivity contribution < 1.29 is 9.90 Å². The molecule has 0 aliphatic heterocycles. The van der Waals surface area contributed by atoms with Crippen molar-refractivity contribution in [1.29, 1.82) is 0 Å². The lowest BCUT2D eigenvalue weighted by Gasteiger charge is -2.21. The smallest absolute Gasteiger partial charge is 0.271 e. The number of hydrogen-bond acceptors (Lipinski definition) is 4. The molecule has 0 aliphatic rings. The molecule has 5 nitrogen and oxygen atoms in total. The van der Waals surface area contributed by atoms with Gasteiger partial charge in [0.05, 0.1) is 6.21 Å². The minimum absolute atomic E-state index is 0.133. The zero-order chi connectivity index (χ0) is 19.1. The number of rotatable bonds is 7. The zero-order valence-corrected chi connectivity index (χ0v) is 15.9. The average Bonchev–Trinajstić information content (AvgIpc) is 2.64. The van der Waals surface area contributed by atoms with E-state index >= 15 is 0 Å². The predicted octanol–water partition coefficient (Wildman–Crippen LogP) is 4.13. The van der Waals surface area contributed by atoms with Crippen molar-refractivity contribution in [2.45, 2.75) is 33.6 Å². The van der Waals surface area contributed by atoms with E-state index < -0.39 is 0 Å². The van der Waals surface area contributed by atoms with Gasteiger partial charge < -0.3 is 10.0 Å². The van der Waals surface area contributed by atoms with Crippen molar-refractivity contribution in [1.82, 2.24) is 5.43 Å². The zero-order valence-electron chi connectivity index (χ0n) is 15.9. The molecule has 0 spiro atoms. The minimum atomic E-state index is -0.282. The van der Waals surface area contributed by atoms with Crippen LogP contribution < -0.4 is 10.3 Å². The minimum Gasteiger partial charge on any atom is -0.507 e. The van der Waals surface area contributed by atoms with Gasteiger partial charge in [0, 0.05) is 36.0 Å². The summed E-state index contributed by atoms with van der Waals surface area (Å²) in [6, 6.07) is 12.9. The standard InChI is InChI=1S/C21H27N3O2/c1-5-24(6-2)19-12-11-18(20(25)13-19)14-22-23-21(26)17-9-7-16(8-10-17)15(3)4/h7-15,25H,5-6H2,1-4H3,(H,23,26)/b22-14+. The summed E-state index contributed by atoms with van der Waals surface area (Å²) in [6.07, 6.45) is 1.45. The number of phenols is 1. The fourth-order valence-electron chi connectivity index (χ4n) is 2.67. The summed E-state index contributed by atoms with van der Waals surface area (Å²) >= 11 is 0.